The molecule has 2 unspecified atom stereocenters. The molecular formula is C18H26N2O2. The van der Waals surface area contributed by atoms with E-state index in [1.807, 2.05) is 17.0 Å². The van der Waals surface area contributed by atoms with Crippen LogP contribution < -0.4 is 10.5 Å². The summed E-state index contributed by atoms with van der Waals surface area (Å²) in [6, 6.07) is 8.57. The number of amides is 1. The predicted molar refractivity (Wildman–Crippen MR) is 86.6 cm³/mol. The molecule has 22 heavy (non-hydrogen) atoms. The van der Waals surface area contributed by atoms with Gasteiger partial charge >= 0.3 is 0 Å². The second-order valence-corrected chi connectivity index (χ2v) is 6.95. The number of nitrogens with zero attached hydrogens (tertiary/aromatic N) is 1. The van der Waals surface area contributed by atoms with Crippen LogP contribution in [0.25, 0.3) is 0 Å². The molecule has 1 aromatic carbocycles. The van der Waals surface area contributed by atoms with Crippen molar-refractivity contribution in [2.75, 3.05) is 6.61 Å². The third-order valence-corrected chi connectivity index (χ3v) is 4.43. The molecule has 2 fully saturated rings. The maximum Gasteiger partial charge on any atom is 0.223 e. The molecule has 0 aromatic heterocycles. The number of ether oxygens (including phenoxy) is 1. The highest BCUT2D eigenvalue weighted by atomic mass is 16.5. The van der Waals surface area contributed by atoms with Gasteiger partial charge in [0.15, 0.2) is 0 Å². The lowest BCUT2D eigenvalue weighted by molar-refractivity contribution is -0.138. The lowest BCUT2D eigenvalue weighted by Crippen LogP contribution is -2.49. The Morgan fingerprint density at radius 2 is 1.91 bits per heavy atom. The molecule has 4 nitrogen and oxygen atoms in total. The minimum Gasteiger partial charge on any atom is -0.493 e. The Labute approximate surface area is 132 Å². The average molecular weight is 302 g/mol. The monoisotopic (exact) mass is 302 g/mol. The summed E-state index contributed by atoms with van der Waals surface area (Å²) in [4.78, 5) is 14.3. The van der Waals surface area contributed by atoms with Crippen molar-refractivity contribution in [1.82, 2.24) is 4.90 Å². The molecular weight excluding hydrogens is 276 g/mol. The van der Waals surface area contributed by atoms with Crippen molar-refractivity contribution in [3.63, 3.8) is 0 Å². The van der Waals surface area contributed by atoms with Crippen molar-refractivity contribution >= 4 is 5.91 Å². The summed E-state index contributed by atoms with van der Waals surface area (Å²) >= 11 is 0. The number of hydrogen-bond acceptors (Lipinski definition) is 3. The van der Waals surface area contributed by atoms with Crippen LogP contribution in [0.3, 0.4) is 0 Å². The summed E-state index contributed by atoms with van der Waals surface area (Å²) in [6.45, 7) is 4.98. The quantitative estimate of drug-likeness (QED) is 0.910. The van der Waals surface area contributed by atoms with Gasteiger partial charge in [0.1, 0.15) is 5.75 Å². The predicted octanol–water partition coefficient (Wildman–Crippen LogP) is 2.87. The number of carbonyl (C=O) groups excluding carboxylic acids is 1. The van der Waals surface area contributed by atoms with Crippen LogP contribution in [0.1, 0.15) is 51.1 Å². The van der Waals surface area contributed by atoms with Crippen molar-refractivity contribution in [1.29, 1.82) is 0 Å². The van der Waals surface area contributed by atoms with Crippen LogP contribution >= 0.6 is 0 Å². The van der Waals surface area contributed by atoms with Gasteiger partial charge in [0.2, 0.25) is 5.91 Å². The Kier molecular flexibility index (Phi) is 4.39. The highest BCUT2D eigenvalue weighted by molar-refractivity contribution is 5.78. The van der Waals surface area contributed by atoms with Gasteiger partial charge in [0, 0.05) is 18.5 Å². The fourth-order valence-electron chi connectivity index (χ4n) is 3.15. The molecule has 1 aliphatic carbocycles. The van der Waals surface area contributed by atoms with E-state index in [1.54, 1.807) is 0 Å². The van der Waals surface area contributed by atoms with Crippen LogP contribution in [0, 0.1) is 5.92 Å². The summed E-state index contributed by atoms with van der Waals surface area (Å²) in [7, 11) is 0. The van der Waals surface area contributed by atoms with E-state index in [1.165, 1.54) is 0 Å². The number of rotatable bonds is 5. The largest absolute Gasteiger partial charge is 0.493 e. The van der Waals surface area contributed by atoms with E-state index in [9.17, 15) is 4.79 Å². The Morgan fingerprint density at radius 3 is 2.50 bits per heavy atom. The molecule has 0 spiro atoms. The molecule has 120 valence electrons. The van der Waals surface area contributed by atoms with Crippen LogP contribution in [0.4, 0.5) is 0 Å². The van der Waals surface area contributed by atoms with E-state index in [2.05, 4.69) is 26.0 Å². The molecule has 3 rings (SSSR count). The van der Waals surface area contributed by atoms with E-state index in [-0.39, 0.29) is 18.0 Å². The molecule has 2 N–H and O–H groups in total. The summed E-state index contributed by atoms with van der Waals surface area (Å²) in [5, 5.41) is 0. The van der Waals surface area contributed by atoms with Crippen LogP contribution in [0.5, 0.6) is 5.75 Å². The maximum absolute atomic E-state index is 12.3. The van der Waals surface area contributed by atoms with Crippen molar-refractivity contribution in [3.8, 4) is 5.75 Å². The third kappa shape index (κ3) is 3.27. The van der Waals surface area contributed by atoms with Crippen molar-refractivity contribution in [3.05, 3.63) is 29.8 Å². The number of carbonyl (C=O) groups is 1. The first-order valence-electron chi connectivity index (χ1n) is 8.35. The molecule has 1 aromatic rings. The zero-order valence-corrected chi connectivity index (χ0v) is 13.5. The van der Waals surface area contributed by atoms with E-state index in [4.69, 9.17) is 10.5 Å². The van der Waals surface area contributed by atoms with Gasteiger partial charge in [0.25, 0.3) is 0 Å². The lowest BCUT2D eigenvalue weighted by Gasteiger charge is -2.40. The van der Waals surface area contributed by atoms with Crippen molar-refractivity contribution in [2.45, 2.75) is 57.7 Å². The van der Waals surface area contributed by atoms with Crippen molar-refractivity contribution in [2.24, 2.45) is 11.7 Å². The zero-order chi connectivity index (χ0) is 15.7. The van der Waals surface area contributed by atoms with E-state index < -0.39 is 0 Å². The average Bonchev–Trinajstić information content (AvgIpc) is 3.32. The molecule has 2 aliphatic rings. The van der Waals surface area contributed by atoms with Crippen LogP contribution in [0.2, 0.25) is 0 Å². The topological polar surface area (TPSA) is 55.6 Å². The highest BCUT2D eigenvalue weighted by Crippen LogP contribution is 2.40. The second-order valence-electron chi connectivity index (χ2n) is 6.95. The van der Waals surface area contributed by atoms with Gasteiger partial charge in [-0.15, -0.1) is 0 Å². The fraction of sp³-hybridized carbons (Fsp3) is 0.611. The summed E-state index contributed by atoms with van der Waals surface area (Å²) in [5.74, 6) is 1.65. The molecule has 1 aliphatic heterocycles. The first-order chi connectivity index (χ1) is 10.6. The van der Waals surface area contributed by atoms with Crippen LogP contribution in [-0.2, 0) is 4.79 Å². The Hall–Kier alpha value is -1.55. The summed E-state index contributed by atoms with van der Waals surface area (Å²) in [6.07, 6.45) is 3.59. The van der Waals surface area contributed by atoms with Gasteiger partial charge in [-0.05, 0) is 42.9 Å². The second kappa shape index (κ2) is 6.29. The molecule has 1 heterocycles. The molecule has 4 heteroatoms. The fourth-order valence-corrected chi connectivity index (χ4v) is 3.15. The SMILES string of the molecule is CC(C)COc1ccc(C2C(N)CCC(=O)N2C2CC2)cc1. The van der Waals surface area contributed by atoms with Gasteiger partial charge in [-0.25, -0.2) is 0 Å². The van der Waals surface area contributed by atoms with Gasteiger partial charge in [0.05, 0.1) is 12.6 Å². The number of likely N-dealkylation sites (tertiary alicyclic amines) is 1. The zero-order valence-electron chi connectivity index (χ0n) is 13.5. The number of nitrogens with two attached hydrogens (primary N) is 1. The van der Waals surface area contributed by atoms with E-state index >= 15 is 0 Å². The van der Waals surface area contributed by atoms with Gasteiger partial charge < -0.3 is 15.4 Å². The Morgan fingerprint density at radius 1 is 1.23 bits per heavy atom. The third-order valence-electron chi connectivity index (χ3n) is 4.43. The van der Waals surface area contributed by atoms with Crippen LogP contribution in [-0.4, -0.2) is 29.5 Å². The summed E-state index contributed by atoms with van der Waals surface area (Å²) in [5.41, 5.74) is 7.47. The van der Waals surface area contributed by atoms with Gasteiger partial charge in [-0.3, -0.25) is 4.79 Å². The molecule has 1 amide bonds. The van der Waals surface area contributed by atoms with Gasteiger partial charge in [-0.1, -0.05) is 26.0 Å². The normalized spacial score (nSPS) is 25.6. The Balaban J connectivity index is 1.77. The first-order valence-corrected chi connectivity index (χ1v) is 8.35. The molecule has 2 atom stereocenters. The van der Waals surface area contributed by atoms with Crippen molar-refractivity contribution < 1.29 is 9.53 Å². The first kappa shape index (κ1) is 15.3. The number of benzene rings is 1. The molecule has 1 saturated carbocycles. The van der Waals surface area contributed by atoms with E-state index in [0.717, 1.165) is 37.2 Å². The minimum atomic E-state index is 0.0212. The molecule has 0 radical (unpaired) electrons. The highest BCUT2D eigenvalue weighted by Gasteiger charge is 2.42. The van der Waals surface area contributed by atoms with Gasteiger partial charge in [-0.2, -0.15) is 0 Å². The Bertz CT molecular complexity index is 522. The number of piperidine rings is 1. The minimum absolute atomic E-state index is 0.0212. The molecule has 1 saturated heterocycles. The molecule has 0 bridgehead atoms. The standard InChI is InChI=1S/C18H26N2O2/c1-12(2)11-22-15-7-3-13(4-8-15)18-16(19)9-10-17(21)20(18)14-5-6-14/h3-4,7-8,12,14,16,18H,5-6,9-11,19H2,1-2H3. The lowest BCUT2D eigenvalue weighted by atomic mass is 9.90. The smallest absolute Gasteiger partial charge is 0.223 e. The number of hydrogen-bond donors (Lipinski definition) is 1. The maximum atomic E-state index is 12.3. The van der Waals surface area contributed by atoms with E-state index in [0.29, 0.717) is 18.4 Å². The van der Waals surface area contributed by atoms with Crippen LogP contribution in [0.15, 0.2) is 24.3 Å². The summed E-state index contributed by atoms with van der Waals surface area (Å²) < 4.78 is 5.73.